The number of methoxy groups -OCH3 is 1. The Morgan fingerprint density at radius 2 is 2.22 bits per heavy atom. The molecule has 1 atom stereocenters. The molecule has 1 aromatic rings. The van der Waals surface area contributed by atoms with E-state index in [1.54, 1.807) is 6.07 Å². The van der Waals surface area contributed by atoms with Crippen LogP contribution in [0.1, 0.15) is 23.7 Å². The maximum atomic E-state index is 11.8. The Morgan fingerprint density at radius 3 is 2.78 bits per heavy atom. The Balaban J connectivity index is 2.61. The Kier molecular flexibility index (Phi) is 5.45. The maximum Gasteiger partial charge on any atom is 0.255 e. The van der Waals surface area contributed by atoms with Gasteiger partial charge in [0.25, 0.3) is 5.91 Å². The largest absolute Gasteiger partial charge is 0.507 e. The first-order valence-corrected chi connectivity index (χ1v) is 5.84. The molecule has 5 heteroatoms. The Bertz CT molecular complexity index is 406. The summed E-state index contributed by atoms with van der Waals surface area (Å²) in [5.41, 5.74) is 0.215. The quantitative estimate of drug-likeness (QED) is 0.710. The summed E-state index contributed by atoms with van der Waals surface area (Å²) in [7, 11) is 1.49. The minimum absolute atomic E-state index is 0.102. The second-order valence-corrected chi connectivity index (χ2v) is 4.21. The van der Waals surface area contributed by atoms with Gasteiger partial charge in [-0.3, -0.25) is 4.79 Å². The number of aromatic hydroxyl groups is 1. The van der Waals surface area contributed by atoms with E-state index < -0.39 is 0 Å². The molecule has 1 unspecified atom stereocenters. The second kappa shape index (κ2) is 6.86. The summed E-state index contributed by atoms with van der Waals surface area (Å²) in [6, 6.07) is 4.53. The van der Waals surface area contributed by atoms with Crippen molar-refractivity contribution < 1.29 is 19.7 Å². The van der Waals surface area contributed by atoms with Crippen LogP contribution in [0, 0.1) is 5.92 Å². The number of carbonyl (C=O) groups is 1. The van der Waals surface area contributed by atoms with Gasteiger partial charge in [0.05, 0.1) is 12.7 Å². The Hall–Kier alpha value is -1.75. The van der Waals surface area contributed by atoms with E-state index in [2.05, 4.69) is 5.32 Å². The molecule has 0 heterocycles. The van der Waals surface area contributed by atoms with E-state index in [4.69, 9.17) is 9.84 Å². The number of hydrogen-bond acceptors (Lipinski definition) is 4. The van der Waals surface area contributed by atoms with Crippen molar-refractivity contribution in [2.45, 2.75) is 13.3 Å². The van der Waals surface area contributed by atoms with Crippen molar-refractivity contribution in [2.75, 3.05) is 20.3 Å². The zero-order chi connectivity index (χ0) is 13.5. The number of aliphatic hydroxyl groups is 1. The molecule has 3 N–H and O–H groups in total. The first kappa shape index (κ1) is 14.3. The van der Waals surface area contributed by atoms with Gasteiger partial charge in [0.2, 0.25) is 0 Å². The summed E-state index contributed by atoms with van der Waals surface area (Å²) < 4.78 is 4.94. The van der Waals surface area contributed by atoms with Crippen molar-refractivity contribution >= 4 is 5.91 Å². The van der Waals surface area contributed by atoms with Gasteiger partial charge in [-0.1, -0.05) is 6.92 Å². The number of hydrogen-bond donors (Lipinski definition) is 3. The van der Waals surface area contributed by atoms with Gasteiger partial charge in [-0.2, -0.15) is 0 Å². The fourth-order valence-corrected chi connectivity index (χ4v) is 1.52. The molecule has 0 aliphatic rings. The summed E-state index contributed by atoms with van der Waals surface area (Å²) in [6.45, 7) is 2.50. The Labute approximate surface area is 106 Å². The minimum atomic E-state index is -0.333. The highest BCUT2D eigenvalue weighted by atomic mass is 16.5. The average Bonchev–Trinajstić information content (AvgIpc) is 2.36. The predicted octanol–water partition coefficient (Wildman–Crippen LogP) is 1.15. The highest BCUT2D eigenvalue weighted by Gasteiger charge is 2.12. The molecule has 0 aliphatic carbocycles. The lowest BCUT2D eigenvalue weighted by Crippen LogP contribution is -2.28. The molecule has 0 bridgehead atoms. The van der Waals surface area contributed by atoms with Crippen LogP contribution in [0.15, 0.2) is 18.2 Å². The van der Waals surface area contributed by atoms with Crippen LogP contribution in [-0.4, -0.2) is 36.4 Å². The van der Waals surface area contributed by atoms with E-state index in [9.17, 15) is 9.90 Å². The van der Waals surface area contributed by atoms with Crippen molar-refractivity contribution in [3.8, 4) is 11.5 Å². The van der Waals surface area contributed by atoms with Gasteiger partial charge in [0.1, 0.15) is 11.5 Å². The highest BCUT2D eigenvalue weighted by molar-refractivity contribution is 5.96. The zero-order valence-corrected chi connectivity index (χ0v) is 10.6. The monoisotopic (exact) mass is 253 g/mol. The van der Waals surface area contributed by atoms with Crippen molar-refractivity contribution in [1.82, 2.24) is 5.32 Å². The third kappa shape index (κ3) is 3.92. The van der Waals surface area contributed by atoms with Gasteiger partial charge < -0.3 is 20.3 Å². The van der Waals surface area contributed by atoms with Gasteiger partial charge in [0.15, 0.2) is 0 Å². The molecule has 0 fully saturated rings. The molecule has 0 aromatic heterocycles. The van der Waals surface area contributed by atoms with E-state index in [1.165, 1.54) is 19.2 Å². The number of rotatable bonds is 6. The summed E-state index contributed by atoms with van der Waals surface area (Å²) in [5.74, 6) is 0.249. The molecule has 1 amide bonds. The number of nitrogens with one attached hydrogen (secondary N) is 1. The van der Waals surface area contributed by atoms with E-state index in [0.717, 1.165) is 0 Å². The lowest BCUT2D eigenvalue weighted by atomic mass is 10.1. The van der Waals surface area contributed by atoms with Crippen molar-refractivity contribution in [2.24, 2.45) is 5.92 Å². The van der Waals surface area contributed by atoms with Gasteiger partial charge >= 0.3 is 0 Å². The Morgan fingerprint density at radius 1 is 1.50 bits per heavy atom. The number of ether oxygens (including phenoxy) is 1. The van der Waals surface area contributed by atoms with Gasteiger partial charge in [-0.15, -0.1) is 0 Å². The summed E-state index contributed by atoms with van der Waals surface area (Å²) in [5, 5.41) is 21.1. The van der Waals surface area contributed by atoms with Crippen LogP contribution < -0.4 is 10.1 Å². The smallest absolute Gasteiger partial charge is 0.255 e. The standard InChI is InChI=1S/C13H19NO4/c1-9(5-6-15)8-14-13(17)11-4-3-10(18-2)7-12(11)16/h3-4,7,9,15-16H,5-6,8H2,1-2H3,(H,14,17). The van der Waals surface area contributed by atoms with Crippen molar-refractivity contribution in [3.63, 3.8) is 0 Å². The van der Waals surface area contributed by atoms with Gasteiger partial charge in [-0.05, 0) is 24.5 Å². The molecule has 1 rings (SSSR count). The van der Waals surface area contributed by atoms with Crippen LogP contribution in [0.4, 0.5) is 0 Å². The molecule has 1 aromatic carbocycles. The predicted molar refractivity (Wildman–Crippen MR) is 67.9 cm³/mol. The first-order chi connectivity index (χ1) is 8.58. The van der Waals surface area contributed by atoms with E-state index in [1.807, 2.05) is 6.92 Å². The number of phenolic OH excluding ortho intramolecular Hbond substituents is 1. The molecule has 0 aliphatic heterocycles. The third-order valence-electron chi connectivity index (χ3n) is 2.68. The van der Waals surface area contributed by atoms with Crippen molar-refractivity contribution in [3.05, 3.63) is 23.8 Å². The normalized spacial score (nSPS) is 11.9. The topological polar surface area (TPSA) is 78.8 Å². The third-order valence-corrected chi connectivity index (χ3v) is 2.68. The number of aliphatic hydroxyl groups excluding tert-OH is 1. The molecule has 0 saturated heterocycles. The lowest BCUT2D eigenvalue weighted by molar-refractivity contribution is 0.0942. The van der Waals surface area contributed by atoms with Crippen LogP contribution in [0.5, 0.6) is 11.5 Å². The van der Waals surface area contributed by atoms with E-state index in [-0.39, 0.29) is 29.7 Å². The fraction of sp³-hybridized carbons (Fsp3) is 0.462. The number of carbonyl (C=O) groups excluding carboxylic acids is 1. The van der Waals surface area contributed by atoms with Crippen LogP contribution >= 0.6 is 0 Å². The maximum absolute atomic E-state index is 11.8. The molecule has 0 spiro atoms. The molecule has 0 saturated carbocycles. The summed E-state index contributed by atoms with van der Waals surface area (Å²) >= 11 is 0. The van der Waals surface area contributed by atoms with Crippen LogP contribution in [0.2, 0.25) is 0 Å². The first-order valence-electron chi connectivity index (χ1n) is 5.84. The number of amides is 1. The van der Waals surface area contributed by atoms with Crippen LogP contribution in [-0.2, 0) is 0 Å². The average molecular weight is 253 g/mol. The molecular weight excluding hydrogens is 234 g/mol. The van der Waals surface area contributed by atoms with Crippen molar-refractivity contribution in [1.29, 1.82) is 0 Å². The van der Waals surface area contributed by atoms with E-state index >= 15 is 0 Å². The molecule has 0 radical (unpaired) electrons. The summed E-state index contributed by atoms with van der Waals surface area (Å²) in [6.07, 6.45) is 0.634. The second-order valence-electron chi connectivity index (χ2n) is 4.21. The van der Waals surface area contributed by atoms with Crippen LogP contribution in [0.3, 0.4) is 0 Å². The number of benzene rings is 1. The lowest BCUT2D eigenvalue weighted by Gasteiger charge is -2.12. The molecule has 18 heavy (non-hydrogen) atoms. The summed E-state index contributed by atoms with van der Waals surface area (Å²) in [4.78, 5) is 11.8. The molecule has 5 nitrogen and oxygen atoms in total. The van der Waals surface area contributed by atoms with Gasteiger partial charge in [-0.25, -0.2) is 0 Å². The molecule has 100 valence electrons. The number of phenols is 1. The van der Waals surface area contributed by atoms with Crippen LogP contribution in [0.25, 0.3) is 0 Å². The minimum Gasteiger partial charge on any atom is -0.507 e. The zero-order valence-electron chi connectivity index (χ0n) is 10.6. The van der Waals surface area contributed by atoms with E-state index in [0.29, 0.717) is 18.7 Å². The van der Waals surface area contributed by atoms with Gasteiger partial charge in [0, 0.05) is 19.2 Å². The molecular formula is C13H19NO4. The SMILES string of the molecule is COc1ccc(C(=O)NCC(C)CCO)c(O)c1. The highest BCUT2D eigenvalue weighted by Crippen LogP contribution is 2.23. The fourth-order valence-electron chi connectivity index (χ4n) is 1.52.